The van der Waals surface area contributed by atoms with Gasteiger partial charge in [0, 0.05) is 13.6 Å². The second kappa shape index (κ2) is 6.23. The largest absolute Gasteiger partial charge is 0.449 e. The van der Waals surface area contributed by atoms with Crippen molar-refractivity contribution in [3.63, 3.8) is 0 Å². The summed E-state index contributed by atoms with van der Waals surface area (Å²) in [6.07, 6.45) is 0.576. The van der Waals surface area contributed by atoms with Crippen LogP contribution in [0.2, 0.25) is 0 Å². The van der Waals surface area contributed by atoms with E-state index >= 15 is 0 Å². The average Bonchev–Trinajstić information content (AvgIpc) is 3.20. The van der Waals surface area contributed by atoms with Crippen molar-refractivity contribution < 1.29 is 9.53 Å². The number of para-hydroxylation sites is 2. The number of carbonyl (C=O) groups is 1. The number of imidazole rings is 1. The molecule has 7 nitrogen and oxygen atoms in total. The highest BCUT2D eigenvalue weighted by atomic mass is 16.6. The summed E-state index contributed by atoms with van der Waals surface area (Å²) in [6.45, 7) is 4.24. The van der Waals surface area contributed by atoms with Crippen molar-refractivity contribution in [2.75, 3.05) is 13.2 Å². The molecule has 3 heterocycles. The lowest BCUT2D eigenvalue weighted by atomic mass is 10.3. The van der Waals surface area contributed by atoms with E-state index in [1.54, 1.807) is 4.90 Å². The van der Waals surface area contributed by atoms with Crippen molar-refractivity contribution in [1.29, 1.82) is 0 Å². The van der Waals surface area contributed by atoms with Gasteiger partial charge in [0.1, 0.15) is 5.69 Å². The van der Waals surface area contributed by atoms with Crippen molar-refractivity contribution in [3.05, 3.63) is 36.0 Å². The molecular formula is C18H21N5O2. The van der Waals surface area contributed by atoms with Crippen LogP contribution in [0.3, 0.4) is 0 Å². The van der Waals surface area contributed by atoms with E-state index in [1.807, 2.05) is 49.0 Å². The Kier molecular flexibility index (Phi) is 3.91. The molecule has 0 bridgehead atoms. The number of aryl methyl sites for hydroxylation is 1. The average molecular weight is 339 g/mol. The summed E-state index contributed by atoms with van der Waals surface area (Å²) in [4.78, 5) is 18.5. The maximum absolute atomic E-state index is 12.1. The molecule has 3 aromatic rings. The minimum atomic E-state index is -0.251. The zero-order valence-electron chi connectivity index (χ0n) is 14.5. The number of nitrogens with zero attached hydrogens (tertiary/aromatic N) is 5. The summed E-state index contributed by atoms with van der Waals surface area (Å²) in [5.41, 5.74) is 3.86. The fourth-order valence-electron chi connectivity index (χ4n) is 3.19. The molecule has 2 aromatic heterocycles. The third-order valence-corrected chi connectivity index (χ3v) is 4.50. The quantitative estimate of drug-likeness (QED) is 0.736. The van der Waals surface area contributed by atoms with Gasteiger partial charge in [0.25, 0.3) is 0 Å². The van der Waals surface area contributed by atoms with E-state index in [0.29, 0.717) is 26.2 Å². The molecule has 130 valence electrons. The van der Waals surface area contributed by atoms with E-state index < -0.39 is 0 Å². The zero-order chi connectivity index (χ0) is 17.4. The number of aromatic nitrogens is 4. The summed E-state index contributed by atoms with van der Waals surface area (Å²) in [5.74, 6) is 0.836. The summed E-state index contributed by atoms with van der Waals surface area (Å²) >= 11 is 0. The van der Waals surface area contributed by atoms with Gasteiger partial charge in [-0.15, -0.1) is 0 Å². The maximum atomic E-state index is 12.1. The van der Waals surface area contributed by atoms with Crippen molar-refractivity contribution in [2.45, 2.75) is 26.4 Å². The molecule has 0 spiro atoms. The molecule has 25 heavy (non-hydrogen) atoms. The summed E-state index contributed by atoms with van der Waals surface area (Å²) in [6, 6.07) is 10.1. The molecule has 0 aliphatic carbocycles. The predicted octanol–water partition coefficient (Wildman–Crippen LogP) is 2.80. The highest BCUT2D eigenvalue weighted by Crippen LogP contribution is 2.25. The van der Waals surface area contributed by atoms with Gasteiger partial charge in [0.15, 0.2) is 5.82 Å². The monoisotopic (exact) mass is 339 g/mol. The van der Waals surface area contributed by atoms with Gasteiger partial charge in [0.2, 0.25) is 0 Å². The van der Waals surface area contributed by atoms with Gasteiger partial charge in [0.05, 0.1) is 36.4 Å². The van der Waals surface area contributed by atoms with E-state index in [0.717, 1.165) is 34.7 Å². The van der Waals surface area contributed by atoms with E-state index in [-0.39, 0.29) is 6.09 Å². The van der Waals surface area contributed by atoms with E-state index in [1.165, 1.54) is 0 Å². The van der Waals surface area contributed by atoms with Gasteiger partial charge in [-0.3, -0.25) is 4.68 Å². The molecule has 0 atom stereocenters. The first-order valence-corrected chi connectivity index (χ1v) is 8.57. The fraction of sp³-hybridized carbons (Fsp3) is 0.389. The zero-order valence-corrected chi connectivity index (χ0v) is 14.5. The van der Waals surface area contributed by atoms with Crippen molar-refractivity contribution in [2.24, 2.45) is 7.05 Å². The number of ether oxygens (including phenoxy) is 1. The first kappa shape index (κ1) is 15.7. The number of benzene rings is 1. The minimum Gasteiger partial charge on any atom is -0.449 e. The lowest BCUT2D eigenvalue weighted by Crippen LogP contribution is -2.38. The van der Waals surface area contributed by atoms with Crippen LogP contribution in [-0.4, -0.2) is 43.5 Å². The Balaban J connectivity index is 1.61. The fourth-order valence-corrected chi connectivity index (χ4v) is 3.19. The molecule has 0 fully saturated rings. The van der Waals surface area contributed by atoms with Crippen LogP contribution < -0.4 is 0 Å². The lowest BCUT2D eigenvalue weighted by molar-refractivity contribution is 0.0916. The van der Waals surface area contributed by atoms with E-state index in [4.69, 9.17) is 9.72 Å². The van der Waals surface area contributed by atoms with Crippen LogP contribution in [0, 0.1) is 0 Å². The highest BCUT2D eigenvalue weighted by molar-refractivity contribution is 5.79. The number of hydrogen-bond acceptors (Lipinski definition) is 4. The van der Waals surface area contributed by atoms with Gasteiger partial charge in [-0.1, -0.05) is 19.1 Å². The molecule has 1 aromatic carbocycles. The highest BCUT2D eigenvalue weighted by Gasteiger charge is 2.24. The molecule has 0 radical (unpaired) electrons. The summed E-state index contributed by atoms with van der Waals surface area (Å²) < 4.78 is 9.25. The van der Waals surface area contributed by atoms with Gasteiger partial charge >= 0.3 is 6.09 Å². The van der Waals surface area contributed by atoms with Crippen molar-refractivity contribution in [1.82, 2.24) is 24.2 Å². The van der Waals surface area contributed by atoms with Crippen LogP contribution in [0.5, 0.6) is 0 Å². The number of hydrogen-bond donors (Lipinski definition) is 0. The molecular weight excluding hydrogens is 318 g/mol. The Morgan fingerprint density at radius 2 is 2.12 bits per heavy atom. The third-order valence-electron chi connectivity index (χ3n) is 4.50. The van der Waals surface area contributed by atoms with Crippen LogP contribution in [-0.2, 0) is 24.9 Å². The SMILES string of the molecule is CCCOC(=O)N1CCn2nc(-c3nc4ccccc4n3C)cc2C1. The number of amides is 1. The third kappa shape index (κ3) is 2.75. The van der Waals surface area contributed by atoms with Crippen LogP contribution in [0.25, 0.3) is 22.6 Å². The van der Waals surface area contributed by atoms with Crippen LogP contribution in [0.1, 0.15) is 19.0 Å². The second-order valence-corrected chi connectivity index (χ2v) is 6.26. The van der Waals surface area contributed by atoms with E-state index in [9.17, 15) is 4.79 Å². The Bertz CT molecular complexity index is 927. The topological polar surface area (TPSA) is 65.2 Å². The predicted molar refractivity (Wildman–Crippen MR) is 94.0 cm³/mol. The second-order valence-electron chi connectivity index (χ2n) is 6.26. The number of fused-ring (bicyclic) bond motifs is 2. The molecule has 0 saturated heterocycles. The molecule has 0 unspecified atom stereocenters. The summed E-state index contributed by atoms with van der Waals surface area (Å²) in [7, 11) is 2.00. The minimum absolute atomic E-state index is 0.251. The van der Waals surface area contributed by atoms with Gasteiger partial charge in [-0.25, -0.2) is 9.78 Å². The Morgan fingerprint density at radius 3 is 2.92 bits per heavy atom. The maximum Gasteiger partial charge on any atom is 0.410 e. The van der Waals surface area contributed by atoms with Crippen molar-refractivity contribution in [3.8, 4) is 11.5 Å². The van der Waals surface area contributed by atoms with Gasteiger partial charge in [-0.05, 0) is 24.6 Å². The standard InChI is InChI=1S/C18H21N5O2/c1-3-10-25-18(24)22-8-9-23-13(12-22)11-15(20-23)17-19-14-6-4-5-7-16(14)21(17)2/h4-7,11H,3,8-10,12H2,1-2H3. The smallest absolute Gasteiger partial charge is 0.410 e. The molecule has 1 amide bonds. The first-order chi connectivity index (χ1) is 12.2. The number of rotatable bonds is 3. The van der Waals surface area contributed by atoms with Crippen molar-refractivity contribution >= 4 is 17.1 Å². The first-order valence-electron chi connectivity index (χ1n) is 8.57. The Hall–Kier alpha value is -2.83. The Morgan fingerprint density at radius 1 is 1.28 bits per heavy atom. The van der Waals surface area contributed by atoms with Gasteiger partial charge < -0.3 is 14.2 Å². The molecule has 7 heteroatoms. The van der Waals surface area contributed by atoms with Gasteiger partial charge in [-0.2, -0.15) is 5.10 Å². The number of carbonyl (C=O) groups excluding carboxylic acids is 1. The van der Waals surface area contributed by atoms with Crippen LogP contribution in [0.4, 0.5) is 4.79 Å². The van der Waals surface area contributed by atoms with Crippen LogP contribution in [0.15, 0.2) is 30.3 Å². The normalized spacial score (nSPS) is 13.9. The molecule has 0 N–H and O–H groups in total. The Labute approximate surface area is 145 Å². The molecule has 0 saturated carbocycles. The molecule has 1 aliphatic rings. The molecule has 4 rings (SSSR count). The van der Waals surface area contributed by atoms with E-state index in [2.05, 4.69) is 9.67 Å². The summed E-state index contributed by atoms with van der Waals surface area (Å²) in [5, 5.41) is 4.69. The van der Waals surface area contributed by atoms with Crippen LogP contribution >= 0.6 is 0 Å². The molecule has 1 aliphatic heterocycles. The lowest BCUT2D eigenvalue weighted by Gasteiger charge is -2.26.